The first-order chi connectivity index (χ1) is 6.04. The highest BCUT2D eigenvalue weighted by atomic mass is 14.2. The van der Waals surface area contributed by atoms with Crippen molar-refractivity contribution in [2.45, 2.75) is 32.6 Å². The van der Waals surface area contributed by atoms with E-state index in [1.165, 1.54) is 11.1 Å². The van der Waals surface area contributed by atoms with Gasteiger partial charge in [-0.25, -0.2) is 0 Å². The van der Waals surface area contributed by atoms with Gasteiger partial charge in [0.2, 0.25) is 0 Å². The van der Waals surface area contributed by atoms with Crippen LogP contribution in [0.5, 0.6) is 0 Å². The highest BCUT2D eigenvalue weighted by Crippen LogP contribution is 2.22. The number of hydrogen-bond donors (Lipinski definition) is 0. The van der Waals surface area contributed by atoms with Crippen LogP contribution in [0.2, 0.25) is 0 Å². The lowest BCUT2D eigenvalue weighted by Gasteiger charge is -2.19. The molecule has 0 heterocycles. The van der Waals surface area contributed by atoms with Crippen LogP contribution in [-0.4, -0.2) is 0 Å². The van der Waals surface area contributed by atoms with Crippen LogP contribution in [0, 0.1) is 12.3 Å². The topological polar surface area (TPSA) is 0 Å². The monoisotopic (exact) mass is 172 g/mol. The second kappa shape index (κ2) is 3.66. The van der Waals surface area contributed by atoms with E-state index in [9.17, 15) is 0 Å². The molecule has 0 aromatic heterocycles. The molecule has 0 saturated carbocycles. The third-order valence-electron chi connectivity index (χ3n) is 2.10. The summed E-state index contributed by atoms with van der Waals surface area (Å²) in [6.07, 6.45) is 6.00. The fourth-order valence-corrected chi connectivity index (χ4v) is 1.27. The van der Waals surface area contributed by atoms with Crippen LogP contribution < -0.4 is 0 Å². The van der Waals surface area contributed by atoms with Gasteiger partial charge in [0.25, 0.3) is 0 Å². The second-order valence-electron chi connectivity index (χ2n) is 4.33. The predicted octanol–water partition coefficient (Wildman–Crippen LogP) is 3.16. The summed E-state index contributed by atoms with van der Waals surface area (Å²) in [6.45, 7) is 6.63. The molecular formula is C13H16. The van der Waals surface area contributed by atoms with Crippen molar-refractivity contribution in [2.24, 2.45) is 0 Å². The molecule has 0 atom stereocenters. The average molecular weight is 172 g/mol. The molecule has 0 amide bonds. The maximum atomic E-state index is 5.27. The fraction of sp³-hybridized carbons (Fsp3) is 0.385. The van der Waals surface area contributed by atoms with Gasteiger partial charge in [-0.3, -0.25) is 0 Å². The average Bonchev–Trinajstić information content (AvgIpc) is 2.04. The molecule has 0 bridgehead atoms. The van der Waals surface area contributed by atoms with Crippen LogP contribution in [0.3, 0.4) is 0 Å². The van der Waals surface area contributed by atoms with Crippen molar-refractivity contribution >= 4 is 0 Å². The molecule has 0 aliphatic heterocycles. The fourth-order valence-electron chi connectivity index (χ4n) is 1.27. The minimum absolute atomic E-state index is 0.213. The largest absolute Gasteiger partial charge is 0.120 e. The molecule has 0 saturated heterocycles. The van der Waals surface area contributed by atoms with Gasteiger partial charge in [-0.05, 0) is 16.5 Å². The van der Waals surface area contributed by atoms with Crippen molar-refractivity contribution in [3.8, 4) is 12.3 Å². The lowest BCUT2D eigenvalue weighted by molar-refractivity contribution is 0.589. The van der Waals surface area contributed by atoms with Crippen molar-refractivity contribution in [3.05, 3.63) is 35.4 Å². The molecule has 68 valence electrons. The molecule has 0 radical (unpaired) electrons. The van der Waals surface area contributed by atoms with Crippen molar-refractivity contribution in [3.63, 3.8) is 0 Å². The van der Waals surface area contributed by atoms with E-state index in [1.54, 1.807) is 0 Å². The Morgan fingerprint density at radius 1 is 1.31 bits per heavy atom. The Hall–Kier alpha value is -1.22. The van der Waals surface area contributed by atoms with E-state index in [0.717, 1.165) is 6.42 Å². The minimum atomic E-state index is 0.213. The van der Waals surface area contributed by atoms with Crippen molar-refractivity contribution < 1.29 is 0 Å². The highest BCUT2D eigenvalue weighted by Gasteiger charge is 2.12. The number of rotatable bonds is 1. The molecule has 0 aliphatic rings. The summed E-state index contributed by atoms with van der Waals surface area (Å²) >= 11 is 0. The summed E-state index contributed by atoms with van der Waals surface area (Å²) in [7, 11) is 0. The maximum absolute atomic E-state index is 5.27. The Kier molecular flexibility index (Phi) is 2.78. The number of hydrogen-bond acceptors (Lipinski definition) is 0. The predicted molar refractivity (Wildman–Crippen MR) is 57.7 cm³/mol. The van der Waals surface area contributed by atoms with Crippen LogP contribution in [0.15, 0.2) is 24.3 Å². The molecule has 0 nitrogen and oxygen atoms in total. The molecule has 0 unspecified atom stereocenters. The van der Waals surface area contributed by atoms with Gasteiger partial charge in [0.15, 0.2) is 0 Å². The first kappa shape index (κ1) is 9.86. The van der Waals surface area contributed by atoms with Crippen molar-refractivity contribution in [1.82, 2.24) is 0 Å². The normalized spacial score (nSPS) is 10.9. The first-order valence-corrected chi connectivity index (χ1v) is 4.57. The van der Waals surface area contributed by atoms with Crippen LogP contribution in [0.25, 0.3) is 0 Å². The lowest BCUT2D eigenvalue weighted by Crippen LogP contribution is -2.11. The van der Waals surface area contributed by atoms with E-state index >= 15 is 0 Å². The van der Waals surface area contributed by atoms with Crippen molar-refractivity contribution in [1.29, 1.82) is 0 Å². The summed E-state index contributed by atoms with van der Waals surface area (Å²) in [4.78, 5) is 0. The third kappa shape index (κ3) is 2.63. The number of benzene rings is 1. The molecule has 0 aliphatic carbocycles. The van der Waals surface area contributed by atoms with Crippen LogP contribution in [0.1, 0.15) is 31.9 Å². The Labute approximate surface area is 81.0 Å². The molecule has 13 heavy (non-hydrogen) atoms. The smallest absolute Gasteiger partial charge is 0.0337 e. The van der Waals surface area contributed by atoms with Crippen LogP contribution in [-0.2, 0) is 11.8 Å². The van der Waals surface area contributed by atoms with Gasteiger partial charge in [-0.15, -0.1) is 12.3 Å². The Bertz CT molecular complexity index is 321. The number of terminal acetylenes is 1. The SMILES string of the molecule is C#CCc1cccc(C(C)(C)C)c1. The zero-order chi connectivity index (χ0) is 9.90. The Morgan fingerprint density at radius 3 is 2.54 bits per heavy atom. The van der Waals surface area contributed by atoms with E-state index in [1.807, 2.05) is 0 Å². The molecule has 1 rings (SSSR count). The summed E-state index contributed by atoms with van der Waals surface area (Å²) < 4.78 is 0. The van der Waals surface area contributed by atoms with Crippen LogP contribution >= 0.6 is 0 Å². The van der Waals surface area contributed by atoms with E-state index in [-0.39, 0.29) is 5.41 Å². The summed E-state index contributed by atoms with van der Waals surface area (Å²) in [5.74, 6) is 2.66. The third-order valence-corrected chi connectivity index (χ3v) is 2.10. The standard InChI is InChI=1S/C13H16/c1-5-7-11-8-6-9-12(10-11)13(2,3)4/h1,6,8-10H,7H2,2-4H3. The van der Waals surface area contributed by atoms with Gasteiger partial charge >= 0.3 is 0 Å². The van der Waals surface area contributed by atoms with Crippen molar-refractivity contribution in [2.75, 3.05) is 0 Å². The van der Waals surface area contributed by atoms with E-state index in [0.29, 0.717) is 0 Å². The van der Waals surface area contributed by atoms with E-state index < -0.39 is 0 Å². The summed E-state index contributed by atoms with van der Waals surface area (Å²) in [5.41, 5.74) is 2.79. The Balaban J connectivity index is 3.00. The molecular weight excluding hydrogens is 156 g/mol. The quantitative estimate of drug-likeness (QED) is 0.571. The maximum Gasteiger partial charge on any atom is 0.0337 e. The Morgan fingerprint density at radius 2 is 2.00 bits per heavy atom. The van der Waals surface area contributed by atoms with Gasteiger partial charge in [0.1, 0.15) is 0 Å². The molecule has 0 N–H and O–H groups in total. The lowest BCUT2D eigenvalue weighted by atomic mass is 9.86. The summed E-state index contributed by atoms with van der Waals surface area (Å²) in [5, 5.41) is 0. The molecule has 0 heteroatoms. The van der Waals surface area contributed by atoms with Gasteiger partial charge in [0.05, 0.1) is 0 Å². The zero-order valence-corrected chi connectivity index (χ0v) is 8.59. The summed E-state index contributed by atoms with van der Waals surface area (Å²) in [6, 6.07) is 8.50. The van der Waals surface area contributed by atoms with Gasteiger partial charge in [-0.1, -0.05) is 45.0 Å². The van der Waals surface area contributed by atoms with E-state index in [4.69, 9.17) is 6.42 Å². The van der Waals surface area contributed by atoms with Crippen LogP contribution in [0.4, 0.5) is 0 Å². The molecule has 0 spiro atoms. The van der Waals surface area contributed by atoms with E-state index in [2.05, 4.69) is 51.0 Å². The second-order valence-corrected chi connectivity index (χ2v) is 4.33. The molecule has 0 fully saturated rings. The zero-order valence-electron chi connectivity index (χ0n) is 8.59. The first-order valence-electron chi connectivity index (χ1n) is 4.57. The molecule has 1 aromatic carbocycles. The minimum Gasteiger partial charge on any atom is -0.120 e. The van der Waals surface area contributed by atoms with Gasteiger partial charge in [-0.2, -0.15) is 0 Å². The van der Waals surface area contributed by atoms with Gasteiger partial charge in [0, 0.05) is 6.42 Å². The highest BCUT2D eigenvalue weighted by molar-refractivity contribution is 5.30. The molecule has 1 aromatic rings. The van der Waals surface area contributed by atoms with Gasteiger partial charge < -0.3 is 0 Å².